The van der Waals surface area contributed by atoms with Crippen LogP contribution in [0.2, 0.25) is 0 Å². The van der Waals surface area contributed by atoms with Crippen LogP contribution in [-0.4, -0.2) is 56.9 Å². The summed E-state index contributed by atoms with van der Waals surface area (Å²) < 4.78 is 31.5. The second kappa shape index (κ2) is 5.65. The standard InChI is InChI=1S/C11H24N2O3S/c1-10-8-13(9-11(2,3)16-10)17(14,15)7-5-6-12-4/h10,12H,5-9H2,1-4H3. The van der Waals surface area contributed by atoms with Crippen molar-refractivity contribution in [1.29, 1.82) is 0 Å². The molecule has 0 aromatic carbocycles. The van der Waals surface area contributed by atoms with Crippen molar-refractivity contribution < 1.29 is 13.2 Å². The highest BCUT2D eigenvalue weighted by atomic mass is 32.2. The Kier molecular flexibility index (Phi) is 4.95. The molecule has 0 aliphatic carbocycles. The number of nitrogens with zero attached hydrogens (tertiary/aromatic N) is 1. The fourth-order valence-corrected chi connectivity index (χ4v) is 3.88. The molecule has 0 spiro atoms. The number of nitrogens with one attached hydrogen (secondary N) is 1. The van der Waals surface area contributed by atoms with E-state index < -0.39 is 15.6 Å². The quantitative estimate of drug-likeness (QED) is 0.731. The molecule has 1 unspecified atom stereocenters. The van der Waals surface area contributed by atoms with Gasteiger partial charge in [0.1, 0.15) is 0 Å². The van der Waals surface area contributed by atoms with E-state index >= 15 is 0 Å². The van der Waals surface area contributed by atoms with E-state index in [1.54, 1.807) is 4.31 Å². The van der Waals surface area contributed by atoms with Crippen molar-refractivity contribution in [2.75, 3.05) is 32.4 Å². The van der Waals surface area contributed by atoms with Crippen molar-refractivity contribution in [3.63, 3.8) is 0 Å². The Labute approximate surface area is 105 Å². The van der Waals surface area contributed by atoms with Gasteiger partial charge in [0.2, 0.25) is 10.0 Å². The molecule has 1 aliphatic rings. The molecule has 1 rings (SSSR count). The summed E-state index contributed by atoms with van der Waals surface area (Å²) in [7, 11) is -1.32. The van der Waals surface area contributed by atoms with Crippen molar-refractivity contribution in [1.82, 2.24) is 9.62 Å². The van der Waals surface area contributed by atoms with E-state index in [9.17, 15) is 8.42 Å². The van der Waals surface area contributed by atoms with E-state index in [1.807, 2.05) is 27.8 Å². The molecule has 1 fully saturated rings. The lowest BCUT2D eigenvalue weighted by Crippen LogP contribution is -2.54. The molecule has 0 aromatic heterocycles. The van der Waals surface area contributed by atoms with Gasteiger partial charge >= 0.3 is 0 Å². The third-order valence-electron chi connectivity index (χ3n) is 2.76. The van der Waals surface area contributed by atoms with Crippen molar-refractivity contribution >= 4 is 10.0 Å². The number of hydrogen-bond donors (Lipinski definition) is 1. The average molecular weight is 264 g/mol. The van der Waals surface area contributed by atoms with E-state index in [0.29, 0.717) is 19.5 Å². The summed E-state index contributed by atoms with van der Waals surface area (Å²) in [6.07, 6.45) is 0.600. The molecule has 17 heavy (non-hydrogen) atoms. The molecule has 1 aliphatic heterocycles. The first kappa shape index (κ1) is 14.9. The monoisotopic (exact) mass is 264 g/mol. The van der Waals surface area contributed by atoms with Crippen LogP contribution in [-0.2, 0) is 14.8 Å². The predicted molar refractivity (Wildman–Crippen MR) is 68.5 cm³/mol. The second-order valence-electron chi connectivity index (χ2n) is 5.25. The maximum absolute atomic E-state index is 12.1. The molecular formula is C11H24N2O3S. The molecule has 0 radical (unpaired) electrons. The van der Waals surface area contributed by atoms with Crippen LogP contribution >= 0.6 is 0 Å². The number of ether oxygens (including phenoxy) is 1. The van der Waals surface area contributed by atoms with Crippen LogP contribution in [0, 0.1) is 0 Å². The Hall–Kier alpha value is -0.170. The summed E-state index contributed by atoms with van der Waals surface area (Å²) in [4.78, 5) is 0. The van der Waals surface area contributed by atoms with Gasteiger partial charge in [-0.15, -0.1) is 0 Å². The van der Waals surface area contributed by atoms with E-state index in [-0.39, 0.29) is 11.9 Å². The van der Waals surface area contributed by atoms with E-state index in [4.69, 9.17) is 4.74 Å². The minimum Gasteiger partial charge on any atom is -0.370 e. The first-order chi connectivity index (χ1) is 7.77. The summed E-state index contributed by atoms with van der Waals surface area (Å²) in [6.45, 7) is 7.40. The zero-order chi connectivity index (χ0) is 13.1. The van der Waals surface area contributed by atoms with Crippen molar-refractivity contribution in [2.45, 2.75) is 38.9 Å². The fourth-order valence-electron chi connectivity index (χ4n) is 2.17. The molecule has 6 heteroatoms. The van der Waals surface area contributed by atoms with E-state index in [1.165, 1.54) is 0 Å². The Morgan fingerprint density at radius 2 is 2.12 bits per heavy atom. The topological polar surface area (TPSA) is 58.6 Å². The highest BCUT2D eigenvalue weighted by molar-refractivity contribution is 7.89. The largest absolute Gasteiger partial charge is 0.370 e. The van der Waals surface area contributed by atoms with Gasteiger partial charge in [0.25, 0.3) is 0 Å². The third-order valence-corrected chi connectivity index (χ3v) is 4.63. The van der Waals surface area contributed by atoms with Crippen LogP contribution in [0.5, 0.6) is 0 Å². The molecule has 1 atom stereocenters. The van der Waals surface area contributed by atoms with Crippen molar-refractivity contribution in [3.8, 4) is 0 Å². The Morgan fingerprint density at radius 1 is 1.47 bits per heavy atom. The van der Waals surface area contributed by atoms with E-state index in [0.717, 1.165) is 6.54 Å². The Morgan fingerprint density at radius 3 is 2.65 bits per heavy atom. The van der Waals surface area contributed by atoms with E-state index in [2.05, 4.69) is 5.32 Å². The summed E-state index contributed by atoms with van der Waals surface area (Å²) in [5.41, 5.74) is -0.395. The maximum atomic E-state index is 12.1. The molecule has 0 amide bonds. The second-order valence-corrected chi connectivity index (χ2v) is 7.34. The smallest absolute Gasteiger partial charge is 0.214 e. The molecule has 0 saturated carbocycles. The summed E-state index contributed by atoms with van der Waals surface area (Å²) >= 11 is 0. The Balaban J connectivity index is 2.64. The van der Waals surface area contributed by atoms with Crippen LogP contribution < -0.4 is 5.32 Å². The van der Waals surface area contributed by atoms with Crippen molar-refractivity contribution in [2.24, 2.45) is 0 Å². The fraction of sp³-hybridized carbons (Fsp3) is 1.00. The molecule has 1 N–H and O–H groups in total. The Bertz CT molecular complexity index is 341. The van der Waals surface area contributed by atoms with Gasteiger partial charge in [-0.25, -0.2) is 8.42 Å². The van der Waals surface area contributed by atoms with Gasteiger partial charge in [0.15, 0.2) is 0 Å². The maximum Gasteiger partial charge on any atom is 0.214 e. The van der Waals surface area contributed by atoms with Crippen LogP contribution in [0.4, 0.5) is 0 Å². The normalized spacial score (nSPS) is 26.0. The molecule has 102 valence electrons. The molecule has 1 saturated heterocycles. The highest BCUT2D eigenvalue weighted by Crippen LogP contribution is 2.23. The average Bonchev–Trinajstić information content (AvgIpc) is 2.14. The number of sulfonamides is 1. The first-order valence-corrected chi connectivity index (χ1v) is 7.68. The molecular weight excluding hydrogens is 240 g/mol. The lowest BCUT2D eigenvalue weighted by Gasteiger charge is -2.40. The number of rotatable bonds is 5. The molecule has 5 nitrogen and oxygen atoms in total. The van der Waals surface area contributed by atoms with Gasteiger partial charge in [0, 0.05) is 13.1 Å². The lowest BCUT2D eigenvalue weighted by molar-refractivity contribution is -0.109. The molecule has 0 bridgehead atoms. The van der Waals surface area contributed by atoms with Gasteiger partial charge in [-0.05, 0) is 40.8 Å². The number of hydrogen-bond acceptors (Lipinski definition) is 4. The van der Waals surface area contributed by atoms with Crippen LogP contribution in [0.1, 0.15) is 27.2 Å². The van der Waals surface area contributed by atoms with Gasteiger partial charge in [-0.3, -0.25) is 0 Å². The van der Waals surface area contributed by atoms with Gasteiger partial charge in [0.05, 0.1) is 17.5 Å². The van der Waals surface area contributed by atoms with Gasteiger partial charge in [-0.1, -0.05) is 0 Å². The lowest BCUT2D eigenvalue weighted by atomic mass is 10.1. The highest BCUT2D eigenvalue weighted by Gasteiger charge is 2.36. The first-order valence-electron chi connectivity index (χ1n) is 6.07. The van der Waals surface area contributed by atoms with Crippen LogP contribution in [0.15, 0.2) is 0 Å². The summed E-state index contributed by atoms with van der Waals surface area (Å²) in [5.74, 6) is 0.205. The third kappa shape index (κ3) is 4.54. The molecule has 0 aromatic rings. The summed E-state index contributed by atoms with van der Waals surface area (Å²) in [5, 5.41) is 2.96. The van der Waals surface area contributed by atoms with Crippen molar-refractivity contribution in [3.05, 3.63) is 0 Å². The van der Waals surface area contributed by atoms with Crippen LogP contribution in [0.25, 0.3) is 0 Å². The zero-order valence-corrected chi connectivity index (χ0v) is 12.0. The minimum atomic E-state index is -3.15. The molecule has 1 heterocycles. The zero-order valence-electron chi connectivity index (χ0n) is 11.2. The van der Waals surface area contributed by atoms with Crippen LogP contribution in [0.3, 0.4) is 0 Å². The predicted octanol–water partition coefficient (Wildman–Crippen LogP) is 0.425. The minimum absolute atomic E-state index is 0.0437. The number of morpholine rings is 1. The summed E-state index contributed by atoms with van der Waals surface area (Å²) in [6, 6.07) is 0. The SMILES string of the molecule is CNCCCS(=O)(=O)N1CC(C)OC(C)(C)C1. The van der Waals surface area contributed by atoms with Gasteiger partial charge < -0.3 is 10.1 Å². The van der Waals surface area contributed by atoms with Gasteiger partial charge in [-0.2, -0.15) is 4.31 Å².